The third-order valence-corrected chi connectivity index (χ3v) is 1.78. The van der Waals surface area contributed by atoms with Crippen molar-refractivity contribution in [3.8, 4) is 0 Å². The van der Waals surface area contributed by atoms with Crippen molar-refractivity contribution >= 4 is 11.7 Å². The molecule has 0 amide bonds. The molecule has 0 unspecified atom stereocenters. The Kier molecular flexibility index (Phi) is 5.08. The van der Waals surface area contributed by atoms with Crippen LogP contribution in [-0.2, 0) is 0 Å². The number of hydrogen-bond acceptors (Lipinski definition) is 3. The molecule has 0 aliphatic carbocycles. The van der Waals surface area contributed by atoms with E-state index in [0.29, 0.717) is 0 Å². The van der Waals surface area contributed by atoms with Gasteiger partial charge >= 0.3 is 5.97 Å². The highest BCUT2D eigenvalue weighted by molar-refractivity contribution is 5.88. The molecule has 0 aliphatic heterocycles. The molecule has 1 aromatic rings. The van der Waals surface area contributed by atoms with E-state index in [4.69, 9.17) is 5.11 Å². The van der Waals surface area contributed by atoms with Crippen LogP contribution in [0.25, 0.3) is 0 Å². The van der Waals surface area contributed by atoms with Gasteiger partial charge in [0.05, 0.1) is 16.1 Å². The first-order chi connectivity index (χ1) is 7.45. The minimum Gasteiger partial charge on any atom is -0.478 e. The second-order valence-corrected chi connectivity index (χ2v) is 2.63. The average Bonchev–Trinajstić information content (AvgIpc) is 2.23. The van der Waals surface area contributed by atoms with E-state index in [9.17, 15) is 19.3 Å². The van der Waals surface area contributed by atoms with E-state index in [1.54, 1.807) is 0 Å². The molecule has 0 aliphatic rings. The van der Waals surface area contributed by atoms with Gasteiger partial charge in [-0.15, -0.1) is 0 Å². The molecule has 88 valence electrons. The van der Waals surface area contributed by atoms with Gasteiger partial charge in [0.1, 0.15) is 5.82 Å². The Bertz CT molecular complexity index is 379. The highest BCUT2D eigenvalue weighted by atomic mass is 19.1. The second kappa shape index (κ2) is 5.79. The lowest BCUT2D eigenvalue weighted by Crippen LogP contribution is -2.04. The molecule has 0 spiro atoms. The fourth-order valence-electron chi connectivity index (χ4n) is 1.04. The molecule has 0 atom stereocenters. The van der Waals surface area contributed by atoms with Gasteiger partial charge in [-0.1, -0.05) is 13.8 Å². The van der Waals surface area contributed by atoms with Gasteiger partial charge in [-0.3, -0.25) is 10.1 Å². The summed E-state index contributed by atoms with van der Waals surface area (Å²) in [6, 6.07) is 1.85. The van der Waals surface area contributed by atoms with E-state index in [-0.39, 0.29) is 5.56 Å². The number of benzene rings is 1. The van der Waals surface area contributed by atoms with Crippen molar-refractivity contribution in [1.82, 2.24) is 0 Å². The fraction of sp³-hybridized carbons (Fsp3) is 0.300. The lowest BCUT2D eigenvalue weighted by molar-refractivity contribution is -0.385. The predicted molar refractivity (Wildman–Crippen MR) is 56.1 cm³/mol. The quantitative estimate of drug-likeness (QED) is 0.624. The number of carboxylic acid groups (broad SMARTS) is 1. The summed E-state index contributed by atoms with van der Waals surface area (Å²) in [5.41, 5.74) is -1.25. The highest BCUT2D eigenvalue weighted by Crippen LogP contribution is 2.22. The third-order valence-electron chi connectivity index (χ3n) is 1.78. The Hall–Kier alpha value is -1.98. The van der Waals surface area contributed by atoms with Crippen molar-refractivity contribution in [1.29, 1.82) is 0 Å². The number of aromatic carboxylic acids is 1. The van der Waals surface area contributed by atoms with E-state index in [0.717, 1.165) is 12.1 Å². The number of hydrogen-bond donors (Lipinski definition) is 1. The van der Waals surface area contributed by atoms with Crippen molar-refractivity contribution in [2.75, 3.05) is 0 Å². The van der Waals surface area contributed by atoms with Gasteiger partial charge in [0.15, 0.2) is 0 Å². The van der Waals surface area contributed by atoms with Crippen molar-refractivity contribution < 1.29 is 19.2 Å². The van der Waals surface area contributed by atoms with Gasteiger partial charge in [0, 0.05) is 6.07 Å². The molecule has 6 heteroatoms. The van der Waals surface area contributed by atoms with Gasteiger partial charge in [-0.2, -0.15) is 0 Å². The van der Waals surface area contributed by atoms with Crippen molar-refractivity contribution in [3.05, 3.63) is 39.2 Å². The maximum absolute atomic E-state index is 13.2. The first-order valence-corrected chi connectivity index (χ1v) is 4.62. The summed E-state index contributed by atoms with van der Waals surface area (Å²) in [5.74, 6) is -2.51. The SMILES string of the molecule is CC.Cc1c([N+](=O)[O-])ccc(C(=O)O)c1F. The minimum atomic E-state index is -1.44. The van der Waals surface area contributed by atoms with Crippen molar-refractivity contribution in [2.24, 2.45) is 0 Å². The molecular weight excluding hydrogens is 217 g/mol. The van der Waals surface area contributed by atoms with Crippen LogP contribution in [0.1, 0.15) is 29.8 Å². The number of carboxylic acids is 1. The summed E-state index contributed by atoms with van der Waals surface area (Å²) in [4.78, 5) is 20.0. The standard InChI is InChI=1S/C8H6FNO4.C2H6/c1-4-6(10(13)14)3-2-5(7(4)9)8(11)12;1-2/h2-3H,1H3,(H,11,12);1-2H3. The van der Waals surface area contributed by atoms with Crippen LogP contribution in [0, 0.1) is 22.9 Å². The summed E-state index contributed by atoms with van der Waals surface area (Å²) in [6.07, 6.45) is 0. The lowest BCUT2D eigenvalue weighted by atomic mass is 10.1. The number of nitro benzene ring substituents is 1. The smallest absolute Gasteiger partial charge is 0.338 e. The Balaban J connectivity index is 0.00000106. The molecule has 1 aromatic carbocycles. The Morgan fingerprint density at radius 1 is 1.44 bits per heavy atom. The molecule has 0 saturated carbocycles. The number of nitrogens with zero attached hydrogens (tertiary/aromatic N) is 1. The summed E-state index contributed by atoms with van der Waals surface area (Å²) in [6.45, 7) is 5.17. The number of halogens is 1. The minimum absolute atomic E-state index is 0.269. The van der Waals surface area contributed by atoms with Crippen LogP contribution in [0.4, 0.5) is 10.1 Å². The Morgan fingerprint density at radius 3 is 2.31 bits per heavy atom. The number of carbonyl (C=O) groups is 1. The number of nitro groups is 1. The third kappa shape index (κ3) is 2.75. The van der Waals surface area contributed by atoms with Crippen LogP contribution in [0.15, 0.2) is 12.1 Å². The summed E-state index contributed by atoms with van der Waals surface area (Å²) in [7, 11) is 0. The van der Waals surface area contributed by atoms with Crippen LogP contribution in [0.5, 0.6) is 0 Å². The number of rotatable bonds is 2. The van der Waals surface area contributed by atoms with Crippen molar-refractivity contribution in [2.45, 2.75) is 20.8 Å². The van der Waals surface area contributed by atoms with E-state index in [1.165, 1.54) is 6.92 Å². The van der Waals surface area contributed by atoms with Crippen LogP contribution >= 0.6 is 0 Å². The highest BCUT2D eigenvalue weighted by Gasteiger charge is 2.20. The van der Waals surface area contributed by atoms with Crippen LogP contribution in [0.3, 0.4) is 0 Å². The van der Waals surface area contributed by atoms with E-state index in [2.05, 4.69) is 0 Å². The zero-order valence-corrected chi connectivity index (χ0v) is 9.15. The molecular formula is C10H12FNO4. The van der Waals surface area contributed by atoms with Crippen LogP contribution in [0.2, 0.25) is 0 Å². The molecule has 0 heterocycles. The molecule has 0 radical (unpaired) electrons. The normalized spacial score (nSPS) is 9.00. The largest absolute Gasteiger partial charge is 0.478 e. The predicted octanol–water partition coefficient (Wildman–Crippen LogP) is 2.77. The van der Waals surface area contributed by atoms with Crippen LogP contribution < -0.4 is 0 Å². The van der Waals surface area contributed by atoms with Gasteiger partial charge < -0.3 is 5.11 Å². The maximum Gasteiger partial charge on any atom is 0.338 e. The topological polar surface area (TPSA) is 80.4 Å². The summed E-state index contributed by atoms with van der Waals surface area (Å²) >= 11 is 0. The molecule has 5 nitrogen and oxygen atoms in total. The molecule has 0 aromatic heterocycles. The van der Waals surface area contributed by atoms with E-state index in [1.807, 2.05) is 13.8 Å². The zero-order chi connectivity index (χ0) is 12.9. The van der Waals surface area contributed by atoms with E-state index < -0.39 is 28.0 Å². The van der Waals surface area contributed by atoms with Crippen LogP contribution in [-0.4, -0.2) is 16.0 Å². The first-order valence-electron chi connectivity index (χ1n) is 4.62. The fourth-order valence-corrected chi connectivity index (χ4v) is 1.04. The second-order valence-electron chi connectivity index (χ2n) is 2.63. The molecule has 0 fully saturated rings. The zero-order valence-electron chi connectivity index (χ0n) is 9.15. The molecule has 0 saturated heterocycles. The lowest BCUT2D eigenvalue weighted by Gasteiger charge is -2.01. The Labute approximate surface area is 91.7 Å². The molecule has 1 rings (SSSR count). The van der Waals surface area contributed by atoms with Crippen molar-refractivity contribution in [3.63, 3.8) is 0 Å². The van der Waals surface area contributed by atoms with E-state index >= 15 is 0 Å². The van der Waals surface area contributed by atoms with Gasteiger partial charge in [0.2, 0.25) is 0 Å². The maximum atomic E-state index is 13.2. The molecule has 16 heavy (non-hydrogen) atoms. The van der Waals surface area contributed by atoms with Gasteiger partial charge in [-0.05, 0) is 13.0 Å². The monoisotopic (exact) mass is 229 g/mol. The summed E-state index contributed by atoms with van der Waals surface area (Å²) < 4.78 is 13.2. The molecule has 0 bridgehead atoms. The Morgan fingerprint density at radius 2 is 1.94 bits per heavy atom. The first kappa shape index (κ1) is 14.0. The van der Waals surface area contributed by atoms with Gasteiger partial charge in [0.25, 0.3) is 5.69 Å². The van der Waals surface area contributed by atoms with Gasteiger partial charge in [-0.25, -0.2) is 9.18 Å². The summed E-state index contributed by atoms with van der Waals surface area (Å²) in [5, 5.41) is 18.9. The average molecular weight is 229 g/mol. The molecule has 1 N–H and O–H groups in total.